The first-order valence-corrected chi connectivity index (χ1v) is 9.37. The number of aromatic nitrogens is 3. The van der Waals surface area contributed by atoms with Gasteiger partial charge in [-0.1, -0.05) is 18.2 Å². The standard InChI is InChI=1S/C21H26N6O/c1-14(2)22-19-25-20(23-15(3)4)27-21(26-19)24-16-10-12-18(13-11-16)28-17-8-6-5-7-9-17/h5-15H,1-4H3,(H3,22,23,24,25,26,27). The topological polar surface area (TPSA) is 84.0 Å². The van der Waals surface area contributed by atoms with Crippen LogP contribution < -0.4 is 20.7 Å². The Balaban J connectivity index is 1.74. The smallest absolute Gasteiger partial charge is 0.233 e. The zero-order valence-electron chi connectivity index (χ0n) is 16.6. The molecule has 7 nitrogen and oxygen atoms in total. The summed E-state index contributed by atoms with van der Waals surface area (Å²) < 4.78 is 5.82. The Morgan fingerprint density at radius 2 is 1.14 bits per heavy atom. The minimum atomic E-state index is 0.219. The highest BCUT2D eigenvalue weighted by Crippen LogP contribution is 2.24. The molecule has 0 aliphatic rings. The Kier molecular flexibility index (Phi) is 6.26. The van der Waals surface area contributed by atoms with E-state index in [-0.39, 0.29) is 12.1 Å². The Morgan fingerprint density at radius 1 is 0.643 bits per heavy atom. The minimum Gasteiger partial charge on any atom is -0.457 e. The van der Waals surface area contributed by atoms with Crippen LogP contribution in [0.15, 0.2) is 54.6 Å². The molecule has 0 fully saturated rings. The van der Waals surface area contributed by atoms with Crippen molar-refractivity contribution in [3.63, 3.8) is 0 Å². The summed E-state index contributed by atoms with van der Waals surface area (Å²) in [5.74, 6) is 3.09. The van der Waals surface area contributed by atoms with Gasteiger partial charge in [0.25, 0.3) is 0 Å². The fraction of sp³-hybridized carbons (Fsp3) is 0.286. The predicted molar refractivity (Wildman–Crippen MR) is 114 cm³/mol. The lowest BCUT2D eigenvalue weighted by molar-refractivity contribution is 0.483. The fourth-order valence-corrected chi connectivity index (χ4v) is 2.44. The first kappa shape index (κ1) is 19.4. The van der Waals surface area contributed by atoms with Crippen molar-refractivity contribution < 1.29 is 4.74 Å². The van der Waals surface area contributed by atoms with Crippen molar-refractivity contribution in [1.82, 2.24) is 15.0 Å². The molecule has 0 amide bonds. The van der Waals surface area contributed by atoms with Crippen molar-refractivity contribution >= 4 is 23.5 Å². The minimum absolute atomic E-state index is 0.219. The van der Waals surface area contributed by atoms with Crippen LogP contribution in [0.25, 0.3) is 0 Å². The van der Waals surface area contributed by atoms with Gasteiger partial charge in [-0.2, -0.15) is 15.0 Å². The third-order valence-corrected chi connectivity index (χ3v) is 3.56. The highest BCUT2D eigenvalue weighted by atomic mass is 16.5. The lowest BCUT2D eigenvalue weighted by Crippen LogP contribution is -2.18. The molecule has 0 saturated carbocycles. The quantitative estimate of drug-likeness (QED) is 0.506. The molecular weight excluding hydrogens is 352 g/mol. The molecule has 0 saturated heterocycles. The number of anilines is 4. The summed E-state index contributed by atoms with van der Waals surface area (Å²) in [5, 5.41) is 9.66. The number of ether oxygens (including phenoxy) is 1. The summed E-state index contributed by atoms with van der Waals surface area (Å²) in [6.07, 6.45) is 0. The maximum atomic E-state index is 5.82. The Bertz CT molecular complexity index is 853. The third kappa shape index (κ3) is 5.84. The molecule has 1 heterocycles. The molecule has 0 bridgehead atoms. The van der Waals surface area contributed by atoms with Gasteiger partial charge in [0, 0.05) is 17.8 Å². The van der Waals surface area contributed by atoms with Crippen LogP contribution in [0.1, 0.15) is 27.7 Å². The molecule has 146 valence electrons. The molecule has 2 aromatic carbocycles. The lowest BCUT2D eigenvalue weighted by atomic mass is 10.3. The van der Waals surface area contributed by atoms with E-state index in [1.54, 1.807) is 0 Å². The van der Waals surface area contributed by atoms with Gasteiger partial charge < -0.3 is 20.7 Å². The van der Waals surface area contributed by atoms with Crippen molar-refractivity contribution in [1.29, 1.82) is 0 Å². The second-order valence-corrected chi connectivity index (χ2v) is 6.97. The maximum absolute atomic E-state index is 5.82. The lowest BCUT2D eigenvalue weighted by Gasteiger charge is -2.14. The molecule has 28 heavy (non-hydrogen) atoms. The average molecular weight is 378 g/mol. The summed E-state index contributed by atoms with van der Waals surface area (Å²) in [6, 6.07) is 17.8. The normalized spacial score (nSPS) is 10.8. The molecule has 3 aromatic rings. The molecule has 0 spiro atoms. The van der Waals surface area contributed by atoms with Gasteiger partial charge in [-0.3, -0.25) is 0 Å². The summed E-state index contributed by atoms with van der Waals surface area (Å²) in [5.41, 5.74) is 0.859. The monoisotopic (exact) mass is 378 g/mol. The number of hydrogen-bond acceptors (Lipinski definition) is 7. The average Bonchev–Trinajstić information content (AvgIpc) is 2.63. The fourth-order valence-electron chi connectivity index (χ4n) is 2.44. The van der Waals surface area contributed by atoms with Crippen LogP contribution in [0.2, 0.25) is 0 Å². The zero-order valence-corrected chi connectivity index (χ0v) is 16.6. The molecule has 0 unspecified atom stereocenters. The molecule has 0 aliphatic carbocycles. The summed E-state index contributed by atoms with van der Waals surface area (Å²) in [7, 11) is 0. The Morgan fingerprint density at radius 3 is 1.68 bits per heavy atom. The van der Waals surface area contributed by atoms with Crippen LogP contribution in [0.5, 0.6) is 11.5 Å². The molecule has 1 aromatic heterocycles. The number of para-hydroxylation sites is 1. The summed E-state index contributed by atoms with van der Waals surface area (Å²) in [6.45, 7) is 8.16. The van der Waals surface area contributed by atoms with Crippen molar-refractivity contribution in [2.45, 2.75) is 39.8 Å². The molecule has 3 N–H and O–H groups in total. The number of rotatable bonds is 8. The van der Waals surface area contributed by atoms with Crippen molar-refractivity contribution in [2.75, 3.05) is 16.0 Å². The summed E-state index contributed by atoms with van der Waals surface area (Å²) >= 11 is 0. The van der Waals surface area contributed by atoms with Crippen molar-refractivity contribution in [3.05, 3.63) is 54.6 Å². The van der Waals surface area contributed by atoms with Crippen LogP contribution in [0.3, 0.4) is 0 Å². The molecular formula is C21H26N6O. The largest absolute Gasteiger partial charge is 0.457 e. The predicted octanol–water partition coefficient (Wildman–Crippen LogP) is 5.05. The van der Waals surface area contributed by atoms with E-state index in [0.717, 1.165) is 17.2 Å². The number of hydrogen-bond donors (Lipinski definition) is 3. The second-order valence-electron chi connectivity index (χ2n) is 6.97. The van der Waals surface area contributed by atoms with E-state index in [9.17, 15) is 0 Å². The summed E-state index contributed by atoms with van der Waals surface area (Å²) in [4.78, 5) is 13.3. The SMILES string of the molecule is CC(C)Nc1nc(Nc2ccc(Oc3ccccc3)cc2)nc(NC(C)C)n1. The maximum Gasteiger partial charge on any atom is 0.233 e. The van der Waals surface area contributed by atoms with E-state index >= 15 is 0 Å². The van der Waals surface area contributed by atoms with Crippen LogP contribution in [-0.2, 0) is 0 Å². The number of nitrogens with one attached hydrogen (secondary N) is 3. The van der Waals surface area contributed by atoms with Crippen molar-refractivity contribution in [3.8, 4) is 11.5 Å². The van der Waals surface area contributed by atoms with E-state index in [2.05, 4.69) is 30.9 Å². The van der Waals surface area contributed by atoms with E-state index in [1.165, 1.54) is 0 Å². The number of nitrogens with zero attached hydrogens (tertiary/aromatic N) is 3. The van der Waals surface area contributed by atoms with E-state index in [4.69, 9.17) is 4.74 Å². The van der Waals surface area contributed by atoms with Crippen LogP contribution in [0.4, 0.5) is 23.5 Å². The zero-order chi connectivity index (χ0) is 19.9. The van der Waals surface area contributed by atoms with Crippen molar-refractivity contribution in [2.24, 2.45) is 0 Å². The number of benzene rings is 2. The van der Waals surface area contributed by atoms with Gasteiger partial charge in [0.1, 0.15) is 11.5 Å². The van der Waals surface area contributed by atoms with Gasteiger partial charge in [0.2, 0.25) is 17.8 Å². The second kappa shape index (κ2) is 9.03. The molecule has 0 radical (unpaired) electrons. The van der Waals surface area contributed by atoms with E-state index in [1.807, 2.05) is 82.3 Å². The molecule has 0 aliphatic heterocycles. The Labute approximate surface area is 165 Å². The van der Waals surface area contributed by atoms with Crippen LogP contribution in [-0.4, -0.2) is 27.0 Å². The first-order chi connectivity index (χ1) is 13.5. The van der Waals surface area contributed by atoms with E-state index < -0.39 is 0 Å². The highest BCUT2D eigenvalue weighted by Gasteiger charge is 2.09. The first-order valence-electron chi connectivity index (χ1n) is 9.37. The van der Waals surface area contributed by atoms with Gasteiger partial charge >= 0.3 is 0 Å². The molecule has 0 atom stereocenters. The van der Waals surface area contributed by atoms with Gasteiger partial charge in [0.05, 0.1) is 0 Å². The van der Waals surface area contributed by atoms with E-state index in [0.29, 0.717) is 17.8 Å². The third-order valence-electron chi connectivity index (χ3n) is 3.56. The van der Waals surface area contributed by atoms with Crippen LogP contribution >= 0.6 is 0 Å². The van der Waals surface area contributed by atoms with Gasteiger partial charge in [-0.15, -0.1) is 0 Å². The Hall–Kier alpha value is -3.35. The highest BCUT2D eigenvalue weighted by molar-refractivity contribution is 5.57. The molecule has 7 heteroatoms. The van der Waals surface area contributed by atoms with Crippen LogP contribution in [0, 0.1) is 0 Å². The van der Waals surface area contributed by atoms with Gasteiger partial charge in [-0.05, 0) is 64.1 Å². The van der Waals surface area contributed by atoms with Gasteiger partial charge in [-0.25, -0.2) is 0 Å². The molecule has 3 rings (SSSR count). The van der Waals surface area contributed by atoms with Gasteiger partial charge in [0.15, 0.2) is 0 Å².